The number of anilines is 1. The first-order valence-corrected chi connectivity index (χ1v) is 9.00. The SMILES string of the molecule is C=CC(=O)N1C[C@@H](Nc2ncc(C)cn2)[C@H](OCc2ccc(C(F)(F)F)cc2)C1. The highest BCUT2D eigenvalue weighted by molar-refractivity contribution is 5.87. The van der Waals surface area contributed by atoms with Crippen LogP contribution in [-0.4, -0.2) is 46.0 Å². The molecule has 0 saturated carbocycles. The zero-order valence-corrected chi connectivity index (χ0v) is 15.8. The van der Waals surface area contributed by atoms with Gasteiger partial charge in [0.15, 0.2) is 0 Å². The fraction of sp³-hybridized carbons (Fsp3) is 0.350. The van der Waals surface area contributed by atoms with Gasteiger partial charge in [0, 0.05) is 25.5 Å². The minimum atomic E-state index is -4.38. The summed E-state index contributed by atoms with van der Waals surface area (Å²) in [5, 5.41) is 3.17. The molecule has 0 aliphatic carbocycles. The molecule has 0 radical (unpaired) electrons. The van der Waals surface area contributed by atoms with E-state index in [1.807, 2.05) is 6.92 Å². The number of aryl methyl sites for hydroxylation is 1. The highest BCUT2D eigenvalue weighted by atomic mass is 19.4. The molecule has 1 aromatic carbocycles. The zero-order chi connectivity index (χ0) is 21.0. The Morgan fingerprint density at radius 2 is 1.93 bits per heavy atom. The van der Waals surface area contributed by atoms with Crippen LogP contribution >= 0.6 is 0 Å². The molecule has 2 atom stereocenters. The summed E-state index contributed by atoms with van der Waals surface area (Å²) in [6, 6.07) is 4.55. The lowest BCUT2D eigenvalue weighted by Crippen LogP contribution is -2.35. The Hall–Kier alpha value is -2.94. The van der Waals surface area contributed by atoms with E-state index < -0.39 is 11.7 Å². The number of benzene rings is 1. The number of ether oxygens (including phenoxy) is 1. The summed E-state index contributed by atoms with van der Waals surface area (Å²) in [6.45, 7) is 6.20. The predicted molar refractivity (Wildman–Crippen MR) is 101 cm³/mol. The second-order valence-corrected chi connectivity index (χ2v) is 6.83. The Morgan fingerprint density at radius 1 is 1.28 bits per heavy atom. The second kappa shape index (κ2) is 8.60. The molecule has 1 saturated heterocycles. The van der Waals surface area contributed by atoms with Crippen molar-refractivity contribution in [3.05, 3.63) is 66.0 Å². The maximum Gasteiger partial charge on any atom is 0.416 e. The van der Waals surface area contributed by atoms with Gasteiger partial charge in [-0.2, -0.15) is 13.2 Å². The van der Waals surface area contributed by atoms with E-state index >= 15 is 0 Å². The van der Waals surface area contributed by atoms with E-state index in [1.165, 1.54) is 18.2 Å². The third-order valence-electron chi connectivity index (χ3n) is 4.59. The zero-order valence-electron chi connectivity index (χ0n) is 15.8. The average Bonchev–Trinajstić information content (AvgIpc) is 3.10. The standard InChI is InChI=1S/C20H21F3N4O2/c1-3-18(28)27-10-16(26-19-24-8-13(2)9-25-19)17(11-27)29-12-14-4-6-15(7-5-14)20(21,22)23/h3-9,16-17H,1,10-12H2,2H3,(H,24,25,26)/t16-,17-/m1/s1. The summed E-state index contributed by atoms with van der Waals surface area (Å²) in [4.78, 5) is 22.0. The second-order valence-electron chi connectivity index (χ2n) is 6.83. The van der Waals surface area contributed by atoms with Gasteiger partial charge in [-0.15, -0.1) is 0 Å². The van der Waals surface area contributed by atoms with Gasteiger partial charge in [-0.3, -0.25) is 4.79 Å². The molecular weight excluding hydrogens is 385 g/mol. The first-order chi connectivity index (χ1) is 13.8. The molecule has 1 aliphatic heterocycles. The normalized spacial score (nSPS) is 19.2. The number of hydrogen-bond acceptors (Lipinski definition) is 5. The van der Waals surface area contributed by atoms with Crippen molar-refractivity contribution in [2.45, 2.75) is 31.9 Å². The highest BCUT2D eigenvalue weighted by Gasteiger charge is 2.36. The van der Waals surface area contributed by atoms with Gasteiger partial charge in [-0.1, -0.05) is 18.7 Å². The van der Waals surface area contributed by atoms with Crippen LogP contribution in [0.1, 0.15) is 16.7 Å². The van der Waals surface area contributed by atoms with Crippen LogP contribution in [0.2, 0.25) is 0 Å². The van der Waals surface area contributed by atoms with Gasteiger partial charge in [-0.25, -0.2) is 9.97 Å². The largest absolute Gasteiger partial charge is 0.416 e. The predicted octanol–water partition coefficient (Wildman–Crippen LogP) is 3.20. The van der Waals surface area contributed by atoms with Crippen LogP contribution in [0, 0.1) is 6.92 Å². The summed E-state index contributed by atoms with van der Waals surface area (Å²) >= 11 is 0. The summed E-state index contributed by atoms with van der Waals surface area (Å²) in [6.07, 6.45) is -0.174. The molecule has 6 nitrogen and oxygen atoms in total. The van der Waals surface area contributed by atoms with Gasteiger partial charge >= 0.3 is 6.18 Å². The Kier molecular flexibility index (Phi) is 6.17. The van der Waals surface area contributed by atoms with Crippen molar-refractivity contribution in [3.63, 3.8) is 0 Å². The van der Waals surface area contributed by atoms with E-state index in [2.05, 4.69) is 21.9 Å². The van der Waals surface area contributed by atoms with Gasteiger partial charge in [0.05, 0.1) is 24.3 Å². The van der Waals surface area contributed by atoms with Crippen molar-refractivity contribution < 1.29 is 22.7 Å². The van der Waals surface area contributed by atoms with Gasteiger partial charge in [0.2, 0.25) is 11.9 Å². The number of likely N-dealkylation sites (tertiary alicyclic amines) is 1. The van der Waals surface area contributed by atoms with E-state index in [1.54, 1.807) is 17.3 Å². The van der Waals surface area contributed by atoms with Crippen LogP contribution in [-0.2, 0) is 22.3 Å². The van der Waals surface area contributed by atoms with Crippen LogP contribution < -0.4 is 5.32 Å². The Balaban J connectivity index is 1.67. The Labute approximate surface area is 166 Å². The molecule has 1 fully saturated rings. The number of amides is 1. The molecule has 1 amide bonds. The molecule has 2 aromatic rings. The van der Waals surface area contributed by atoms with Gasteiger partial charge < -0.3 is 15.0 Å². The smallest absolute Gasteiger partial charge is 0.369 e. The molecule has 1 aliphatic rings. The minimum Gasteiger partial charge on any atom is -0.369 e. The molecule has 0 bridgehead atoms. The summed E-state index contributed by atoms with van der Waals surface area (Å²) < 4.78 is 44.0. The molecule has 1 aromatic heterocycles. The number of rotatable bonds is 6. The number of halogens is 3. The molecule has 3 rings (SSSR count). The van der Waals surface area contributed by atoms with Crippen molar-refractivity contribution in [1.82, 2.24) is 14.9 Å². The lowest BCUT2D eigenvalue weighted by Gasteiger charge is -2.20. The average molecular weight is 406 g/mol. The first-order valence-electron chi connectivity index (χ1n) is 9.00. The van der Waals surface area contributed by atoms with Crippen molar-refractivity contribution in [3.8, 4) is 0 Å². The van der Waals surface area contributed by atoms with Crippen molar-refractivity contribution in [2.24, 2.45) is 0 Å². The summed E-state index contributed by atoms with van der Waals surface area (Å²) in [5.41, 5.74) is 0.818. The van der Waals surface area contributed by atoms with Crippen molar-refractivity contribution in [1.29, 1.82) is 0 Å². The number of aromatic nitrogens is 2. The van der Waals surface area contributed by atoms with E-state index in [9.17, 15) is 18.0 Å². The van der Waals surface area contributed by atoms with Gasteiger partial charge in [0.1, 0.15) is 0 Å². The van der Waals surface area contributed by atoms with Crippen LogP contribution in [0.4, 0.5) is 19.1 Å². The van der Waals surface area contributed by atoms with E-state index in [4.69, 9.17) is 4.74 Å². The number of nitrogens with one attached hydrogen (secondary N) is 1. The maximum atomic E-state index is 12.7. The van der Waals surface area contributed by atoms with Gasteiger partial charge in [0.25, 0.3) is 0 Å². The maximum absolute atomic E-state index is 12.7. The first kappa shape index (κ1) is 20.8. The van der Waals surface area contributed by atoms with Crippen molar-refractivity contribution in [2.75, 3.05) is 18.4 Å². The Morgan fingerprint density at radius 3 is 2.52 bits per heavy atom. The molecule has 0 spiro atoms. The fourth-order valence-electron chi connectivity index (χ4n) is 3.02. The van der Waals surface area contributed by atoms with Crippen molar-refractivity contribution >= 4 is 11.9 Å². The number of nitrogens with zero attached hydrogens (tertiary/aromatic N) is 3. The summed E-state index contributed by atoms with van der Waals surface area (Å²) in [5.74, 6) is 0.193. The molecule has 154 valence electrons. The third-order valence-corrected chi connectivity index (χ3v) is 4.59. The number of carbonyl (C=O) groups is 1. The lowest BCUT2D eigenvalue weighted by molar-refractivity contribution is -0.137. The monoisotopic (exact) mass is 406 g/mol. The molecule has 0 unspecified atom stereocenters. The molecule has 9 heteroatoms. The fourth-order valence-corrected chi connectivity index (χ4v) is 3.02. The summed E-state index contributed by atoms with van der Waals surface area (Å²) in [7, 11) is 0. The molecular formula is C20H21F3N4O2. The van der Waals surface area contributed by atoms with Crippen LogP contribution in [0.15, 0.2) is 49.3 Å². The topological polar surface area (TPSA) is 67.4 Å². The van der Waals surface area contributed by atoms with Gasteiger partial charge in [-0.05, 0) is 36.3 Å². The number of hydrogen-bond donors (Lipinski definition) is 1. The minimum absolute atomic E-state index is 0.117. The van der Waals surface area contributed by atoms with Crippen LogP contribution in [0.3, 0.4) is 0 Å². The molecule has 2 heterocycles. The van der Waals surface area contributed by atoms with E-state index in [0.717, 1.165) is 17.7 Å². The Bertz CT molecular complexity index is 854. The van der Waals surface area contributed by atoms with Crippen LogP contribution in [0.5, 0.6) is 0 Å². The van der Waals surface area contributed by atoms with Crippen LogP contribution in [0.25, 0.3) is 0 Å². The quantitative estimate of drug-likeness (QED) is 0.747. The third kappa shape index (κ3) is 5.32. The number of alkyl halides is 3. The van der Waals surface area contributed by atoms with E-state index in [0.29, 0.717) is 24.6 Å². The highest BCUT2D eigenvalue weighted by Crippen LogP contribution is 2.29. The molecule has 1 N–H and O–H groups in total. The number of carbonyl (C=O) groups excluding carboxylic acids is 1. The lowest BCUT2D eigenvalue weighted by atomic mass is 10.1. The van der Waals surface area contributed by atoms with E-state index in [-0.39, 0.29) is 24.7 Å². The molecule has 29 heavy (non-hydrogen) atoms.